The monoisotopic (exact) mass is 359 g/mol. The molecule has 25 heavy (non-hydrogen) atoms. The Hall–Kier alpha value is -2.24. The van der Waals surface area contributed by atoms with Gasteiger partial charge in [-0.1, -0.05) is 17.7 Å². The summed E-state index contributed by atoms with van der Waals surface area (Å²) in [5.41, 5.74) is 1.51. The minimum absolute atomic E-state index is 0.258. The lowest BCUT2D eigenvalue weighted by Crippen LogP contribution is -2.26. The zero-order valence-corrected chi connectivity index (χ0v) is 14.7. The third-order valence-corrected chi connectivity index (χ3v) is 4.47. The Morgan fingerprint density at radius 2 is 1.84 bits per heavy atom. The average molecular weight is 360 g/mol. The molecule has 130 valence electrons. The molecule has 0 atom stereocenters. The lowest BCUT2D eigenvalue weighted by atomic mass is 10.0. The molecule has 1 fully saturated rings. The van der Waals surface area contributed by atoms with Gasteiger partial charge in [0.1, 0.15) is 17.3 Å². The van der Waals surface area contributed by atoms with Crippen molar-refractivity contribution in [3.05, 3.63) is 64.3 Å². The maximum atomic E-state index is 14.7. The summed E-state index contributed by atoms with van der Waals surface area (Å²) in [4.78, 5) is 18.7. The predicted molar refractivity (Wildman–Crippen MR) is 98.4 cm³/mol. The van der Waals surface area contributed by atoms with Crippen LogP contribution in [0, 0.1) is 0 Å². The predicted octanol–water partition coefficient (Wildman–Crippen LogP) is 4.39. The number of carbonyl (C=O) groups is 1. The Morgan fingerprint density at radius 1 is 1.16 bits per heavy atom. The second-order valence-corrected chi connectivity index (χ2v) is 6.53. The maximum absolute atomic E-state index is 14.7. The Labute approximate surface area is 151 Å². The van der Waals surface area contributed by atoms with Crippen molar-refractivity contribution in [2.75, 3.05) is 25.5 Å². The molecule has 1 amide bonds. The number of hydrogen-bond donors (Lipinski definition) is 1. The van der Waals surface area contributed by atoms with Gasteiger partial charge in [-0.25, -0.2) is 9.37 Å². The fourth-order valence-corrected chi connectivity index (χ4v) is 2.83. The van der Waals surface area contributed by atoms with Gasteiger partial charge in [0.15, 0.2) is 0 Å². The summed E-state index contributed by atoms with van der Waals surface area (Å²) in [5.74, 6) is -0.273. The number of likely N-dealkylation sites (tertiary alicyclic amines) is 1. The fourth-order valence-electron chi connectivity index (χ4n) is 2.71. The number of nitrogens with zero attached hydrogens (tertiary/aromatic N) is 2. The molecule has 2 heterocycles. The SMILES string of the molecule is CN1CCC(=C(F)c2cccc(NC(=O)c3ccc(Cl)cc3)n2)CC1. The molecule has 1 aliphatic heterocycles. The number of benzene rings is 1. The number of pyridine rings is 1. The third kappa shape index (κ3) is 4.44. The van der Waals surface area contributed by atoms with Gasteiger partial charge in [0.2, 0.25) is 0 Å². The first-order valence-electron chi connectivity index (χ1n) is 8.13. The molecule has 1 aliphatic rings. The number of piperidine rings is 1. The number of halogens is 2. The highest BCUT2D eigenvalue weighted by Crippen LogP contribution is 2.27. The molecule has 0 saturated carbocycles. The smallest absolute Gasteiger partial charge is 0.256 e. The highest BCUT2D eigenvalue weighted by molar-refractivity contribution is 6.30. The second-order valence-electron chi connectivity index (χ2n) is 6.09. The van der Waals surface area contributed by atoms with Crippen LogP contribution in [0.3, 0.4) is 0 Å². The van der Waals surface area contributed by atoms with E-state index in [1.807, 2.05) is 7.05 Å². The number of anilines is 1. The van der Waals surface area contributed by atoms with Crippen LogP contribution in [0.4, 0.5) is 10.2 Å². The molecule has 3 rings (SSSR count). The molecule has 0 bridgehead atoms. The molecule has 1 N–H and O–H groups in total. The molecule has 6 heteroatoms. The van der Waals surface area contributed by atoms with Crippen molar-refractivity contribution in [3.63, 3.8) is 0 Å². The second kappa shape index (κ2) is 7.76. The molecule has 4 nitrogen and oxygen atoms in total. The van der Waals surface area contributed by atoms with Crippen molar-refractivity contribution in [1.82, 2.24) is 9.88 Å². The average Bonchev–Trinajstić information content (AvgIpc) is 2.62. The van der Waals surface area contributed by atoms with Crippen molar-refractivity contribution < 1.29 is 9.18 Å². The first kappa shape index (κ1) is 17.6. The van der Waals surface area contributed by atoms with Crippen molar-refractivity contribution in [3.8, 4) is 0 Å². The van der Waals surface area contributed by atoms with Gasteiger partial charge in [-0.3, -0.25) is 4.79 Å². The highest BCUT2D eigenvalue weighted by Gasteiger charge is 2.17. The Kier molecular flexibility index (Phi) is 5.46. The lowest BCUT2D eigenvalue weighted by Gasteiger charge is -2.24. The Balaban J connectivity index is 1.76. The largest absolute Gasteiger partial charge is 0.307 e. The van der Waals surface area contributed by atoms with Crippen molar-refractivity contribution in [1.29, 1.82) is 0 Å². The van der Waals surface area contributed by atoms with Crippen LogP contribution in [0.1, 0.15) is 28.9 Å². The van der Waals surface area contributed by atoms with Crippen LogP contribution in [0.2, 0.25) is 5.02 Å². The minimum atomic E-state index is -0.311. The summed E-state index contributed by atoms with van der Waals surface area (Å²) < 4.78 is 14.7. The molecule has 0 aliphatic carbocycles. The van der Waals surface area contributed by atoms with Crippen LogP contribution in [0.25, 0.3) is 5.83 Å². The third-order valence-electron chi connectivity index (χ3n) is 4.22. The highest BCUT2D eigenvalue weighted by atomic mass is 35.5. The van der Waals surface area contributed by atoms with Crippen LogP contribution in [-0.4, -0.2) is 35.9 Å². The summed E-state index contributed by atoms with van der Waals surface area (Å²) in [6, 6.07) is 11.5. The molecule has 2 aromatic rings. The van der Waals surface area contributed by atoms with Crippen LogP contribution >= 0.6 is 11.6 Å². The number of nitrogens with one attached hydrogen (secondary N) is 1. The first-order valence-corrected chi connectivity index (χ1v) is 8.51. The van der Waals surface area contributed by atoms with E-state index in [9.17, 15) is 9.18 Å². The molecule has 1 aromatic carbocycles. The Morgan fingerprint density at radius 3 is 2.52 bits per heavy atom. The van der Waals surface area contributed by atoms with E-state index in [0.717, 1.165) is 18.7 Å². The number of hydrogen-bond acceptors (Lipinski definition) is 3. The summed E-state index contributed by atoms with van der Waals surface area (Å²) in [7, 11) is 2.03. The summed E-state index contributed by atoms with van der Waals surface area (Å²) in [6.45, 7) is 1.69. The van der Waals surface area contributed by atoms with Crippen LogP contribution in [0.15, 0.2) is 48.0 Å². The Bertz CT molecular complexity index is 795. The van der Waals surface area contributed by atoms with Gasteiger partial charge in [-0.05, 0) is 61.9 Å². The number of carbonyl (C=O) groups excluding carboxylic acids is 1. The summed E-state index contributed by atoms with van der Waals surface area (Å²) in [6.07, 6.45) is 1.40. The van der Waals surface area contributed by atoms with Gasteiger partial charge < -0.3 is 10.2 Å². The molecular formula is C19H19ClFN3O. The zero-order chi connectivity index (χ0) is 17.8. The number of aromatic nitrogens is 1. The van der Waals surface area contributed by atoms with E-state index in [1.165, 1.54) is 0 Å². The van der Waals surface area contributed by atoms with Gasteiger partial charge in [0.25, 0.3) is 5.91 Å². The van der Waals surface area contributed by atoms with Gasteiger partial charge >= 0.3 is 0 Å². The van der Waals surface area contributed by atoms with E-state index in [-0.39, 0.29) is 17.4 Å². The zero-order valence-electron chi connectivity index (χ0n) is 13.9. The quantitative estimate of drug-likeness (QED) is 0.883. The topological polar surface area (TPSA) is 45.2 Å². The van der Waals surface area contributed by atoms with Crippen molar-refractivity contribution in [2.24, 2.45) is 0 Å². The van der Waals surface area contributed by atoms with E-state index in [4.69, 9.17) is 11.6 Å². The van der Waals surface area contributed by atoms with Gasteiger partial charge in [-0.2, -0.15) is 0 Å². The maximum Gasteiger partial charge on any atom is 0.256 e. The fraction of sp³-hybridized carbons (Fsp3) is 0.263. The standard InChI is InChI=1S/C19H19ClFN3O/c1-24-11-9-13(10-12-24)18(21)16-3-2-4-17(22-16)23-19(25)14-5-7-15(20)8-6-14/h2-8H,9-12H2,1H3,(H,22,23,25). The van der Waals surface area contributed by atoms with E-state index < -0.39 is 0 Å². The lowest BCUT2D eigenvalue weighted by molar-refractivity contribution is 0.102. The van der Waals surface area contributed by atoms with Crippen LogP contribution in [-0.2, 0) is 0 Å². The number of rotatable bonds is 3. The van der Waals surface area contributed by atoms with Crippen molar-refractivity contribution >= 4 is 29.2 Å². The van der Waals surface area contributed by atoms with Crippen LogP contribution < -0.4 is 5.32 Å². The van der Waals surface area contributed by atoms with Gasteiger partial charge in [-0.15, -0.1) is 0 Å². The first-order chi connectivity index (χ1) is 12.0. The van der Waals surface area contributed by atoms with Gasteiger partial charge in [0.05, 0.1) is 0 Å². The van der Waals surface area contributed by atoms with E-state index in [1.54, 1.807) is 42.5 Å². The molecule has 1 aromatic heterocycles. The van der Waals surface area contributed by atoms with Gasteiger partial charge in [0, 0.05) is 23.7 Å². The molecule has 0 unspecified atom stereocenters. The number of amides is 1. The van der Waals surface area contributed by atoms with E-state index in [2.05, 4.69) is 15.2 Å². The molecular weight excluding hydrogens is 341 g/mol. The molecule has 1 saturated heterocycles. The van der Waals surface area contributed by atoms with E-state index in [0.29, 0.717) is 29.2 Å². The normalized spacial score (nSPS) is 15.1. The minimum Gasteiger partial charge on any atom is -0.307 e. The van der Waals surface area contributed by atoms with E-state index >= 15 is 0 Å². The van der Waals surface area contributed by atoms with Crippen LogP contribution in [0.5, 0.6) is 0 Å². The summed E-state index contributed by atoms with van der Waals surface area (Å²) in [5, 5.41) is 3.25. The summed E-state index contributed by atoms with van der Waals surface area (Å²) >= 11 is 5.82. The van der Waals surface area contributed by atoms with Crippen molar-refractivity contribution in [2.45, 2.75) is 12.8 Å². The molecule has 0 radical (unpaired) electrons. The molecule has 0 spiro atoms.